The molecule has 0 aliphatic carbocycles. The van der Waals surface area contributed by atoms with Crippen LogP contribution in [0.3, 0.4) is 0 Å². The molecule has 1 fully saturated rings. The SMILES string of the molecule is C=CCN(CC=C)c1cc(Cl)nc(SCC(=O)N2CCN(C(c3ccccc3)c3ccccc3)CC2)n1. The number of carbonyl (C=O) groups excluding carboxylic acids is 1. The Morgan fingerprint density at radius 2 is 1.51 bits per heavy atom. The maximum atomic E-state index is 13.1. The summed E-state index contributed by atoms with van der Waals surface area (Å²) in [5.41, 5.74) is 2.53. The maximum absolute atomic E-state index is 13.1. The second-order valence-electron chi connectivity index (χ2n) is 8.74. The first-order valence-corrected chi connectivity index (χ1v) is 13.7. The van der Waals surface area contributed by atoms with Crippen molar-refractivity contribution in [3.63, 3.8) is 0 Å². The van der Waals surface area contributed by atoms with E-state index in [4.69, 9.17) is 11.6 Å². The highest BCUT2D eigenvalue weighted by atomic mass is 35.5. The lowest BCUT2D eigenvalue weighted by molar-refractivity contribution is -0.130. The van der Waals surface area contributed by atoms with Gasteiger partial charge in [0.1, 0.15) is 11.0 Å². The largest absolute Gasteiger partial charge is 0.349 e. The third kappa shape index (κ3) is 7.22. The van der Waals surface area contributed by atoms with Gasteiger partial charge in [-0.05, 0) is 11.1 Å². The molecule has 4 rings (SSSR count). The Bertz CT molecular complexity index is 1140. The summed E-state index contributed by atoms with van der Waals surface area (Å²) >= 11 is 7.58. The molecule has 8 heteroatoms. The monoisotopic (exact) mass is 533 g/mol. The zero-order valence-corrected chi connectivity index (χ0v) is 22.4. The number of piperazine rings is 1. The average Bonchev–Trinajstić information content (AvgIpc) is 2.93. The molecule has 0 unspecified atom stereocenters. The minimum Gasteiger partial charge on any atom is -0.349 e. The van der Waals surface area contributed by atoms with E-state index in [1.54, 1.807) is 18.2 Å². The van der Waals surface area contributed by atoms with Gasteiger partial charge in [-0.25, -0.2) is 9.97 Å². The van der Waals surface area contributed by atoms with Crippen LogP contribution in [0.5, 0.6) is 0 Å². The number of benzene rings is 2. The van der Waals surface area contributed by atoms with Crippen molar-refractivity contribution in [2.24, 2.45) is 0 Å². The van der Waals surface area contributed by atoms with Gasteiger partial charge in [0, 0.05) is 45.3 Å². The molecule has 37 heavy (non-hydrogen) atoms. The van der Waals surface area contributed by atoms with Crippen molar-refractivity contribution < 1.29 is 4.79 Å². The number of nitrogens with zero attached hydrogens (tertiary/aromatic N) is 5. The lowest BCUT2D eigenvalue weighted by Gasteiger charge is -2.39. The van der Waals surface area contributed by atoms with E-state index >= 15 is 0 Å². The number of amides is 1. The summed E-state index contributed by atoms with van der Waals surface area (Å²) in [6, 6.07) is 23.0. The first-order valence-electron chi connectivity index (χ1n) is 12.3. The fourth-order valence-electron chi connectivity index (χ4n) is 4.52. The quantitative estimate of drug-likeness (QED) is 0.144. The van der Waals surface area contributed by atoms with Gasteiger partial charge in [-0.2, -0.15) is 0 Å². The Morgan fingerprint density at radius 3 is 2.05 bits per heavy atom. The Morgan fingerprint density at radius 1 is 0.946 bits per heavy atom. The summed E-state index contributed by atoms with van der Waals surface area (Å²) in [6.07, 6.45) is 3.60. The van der Waals surface area contributed by atoms with Gasteiger partial charge >= 0.3 is 0 Å². The highest BCUT2D eigenvalue weighted by molar-refractivity contribution is 7.99. The van der Waals surface area contributed by atoms with E-state index in [9.17, 15) is 4.79 Å². The van der Waals surface area contributed by atoms with Crippen LogP contribution in [0.2, 0.25) is 5.15 Å². The fourth-order valence-corrected chi connectivity index (χ4v) is 5.50. The van der Waals surface area contributed by atoms with Gasteiger partial charge < -0.3 is 9.80 Å². The zero-order valence-electron chi connectivity index (χ0n) is 20.9. The second-order valence-corrected chi connectivity index (χ2v) is 10.1. The van der Waals surface area contributed by atoms with E-state index in [1.165, 1.54) is 22.9 Å². The summed E-state index contributed by atoms with van der Waals surface area (Å²) in [4.78, 5) is 28.4. The van der Waals surface area contributed by atoms with Crippen LogP contribution in [-0.2, 0) is 4.79 Å². The molecule has 0 bridgehead atoms. The predicted molar refractivity (Wildman–Crippen MR) is 153 cm³/mol. The van der Waals surface area contributed by atoms with Gasteiger partial charge in [0.2, 0.25) is 5.91 Å². The Hall–Kier alpha value is -3.13. The van der Waals surface area contributed by atoms with E-state index in [-0.39, 0.29) is 17.7 Å². The highest BCUT2D eigenvalue weighted by Gasteiger charge is 2.28. The third-order valence-electron chi connectivity index (χ3n) is 6.27. The Kier molecular flexibility index (Phi) is 9.77. The predicted octanol–water partition coefficient (Wildman–Crippen LogP) is 5.33. The average molecular weight is 534 g/mol. The molecule has 0 saturated carbocycles. The highest BCUT2D eigenvalue weighted by Crippen LogP contribution is 2.30. The van der Waals surface area contributed by atoms with Gasteiger partial charge in [-0.15, -0.1) is 13.2 Å². The van der Waals surface area contributed by atoms with Crippen LogP contribution in [0.15, 0.2) is 97.2 Å². The molecule has 1 aliphatic heterocycles. The lowest BCUT2D eigenvalue weighted by atomic mass is 9.96. The number of halogens is 1. The third-order valence-corrected chi connectivity index (χ3v) is 7.30. The number of hydrogen-bond acceptors (Lipinski definition) is 6. The van der Waals surface area contributed by atoms with Crippen LogP contribution in [-0.4, -0.2) is 70.7 Å². The van der Waals surface area contributed by atoms with Crippen molar-refractivity contribution in [2.75, 3.05) is 49.9 Å². The normalized spacial score (nSPS) is 13.9. The summed E-state index contributed by atoms with van der Waals surface area (Å²) in [7, 11) is 0. The first kappa shape index (κ1) is 26.9. The number of rotatable bonds is 11. The van der Waals surface area contributed by atoms with Gasteiger partial charge in [0.25, 0.3) is 0 Å². The Labute approximate surface area is 228 Å². The minimum absolute atomic E-state index is 0.0831. The van der Waals surface area contributed by atoms with E-state index in [1.807, 2.05) is 21.9 Å². The molecule has 1 amide bonds. The Balaban J connectivity index is 1.37. The van der Waals surface area contributed by atoms with Crippen molar-refractivity contribution in [1.82, 2.24) is 19.8 Å². The molecule has 192 valence electrons. The van der Waals surface area contributed by atoms with E-state index < -0.39 is 0 Å². The van der Waals surface area contributed by atoms with Crippen molar-refractivity contribution in [2.45, 2.75) is 11.2 Å². The molecule has 2 aromatic carbocycles. The molecule has 0 atom stereocenters. The van der Waals surface area contributed by atoms with Crippen LogP contribution >= 0.6 is 23.4 Å². The molecule has 3 aromatic rings. The molecule has 1 aliphatic rings. The topological polar surface area (TPSA) is 52.6 Å². The molecule has 0 N–H and O–H groups in total. The molecule has 0 spiro atoms. The van der Waals surface area contributed by atoms with E-state index in [0.29, 0.717) is 42.3 Å². The number of thioether (sulfide) groups is 1. The molecular weight excluding hydrogens is 502 g/mol. The molecular formula is C29H32ClN5OS. The molecule has 0 radical (unpaired) electrons. The van der Waals surface area contributed by atoms with Crippen LogP contribution in [0.4, 0.5) is 5.82 Å². The van der Waals surface area contributed by atoms with Crippen LogP contribution in [0.1, 0.15) is 17.2 Å². The number of anilines is 1. The van der Waals surface area contributed by atoms with Crippen LogP contribution in [0, 0.1) is 0 Å². The minimum atomic E-state index is 0.0831. The lowest BCUT2D eigenvalue weighted by Crippen LogP contribution is -2.50. The molecule has 1 aromatic heterocycles. The van der Waals surface area contributed by atoms with E-state index in [0.717, 1.165) is 13.1 Å². The van der Waals surface area contributed by atoms with Gasteiger partial charge in [-0.1, -0.05) is 96.2 Å². The summed E-state index contributed by atoms with van der Waals surface area (Å²) in [6.45, 7) is 11.8. The second kappa shape index (κ2) is 13.4. The van der Waals surface area contributed by atoms with E-state index in [2.05, 4.69) is 76.6 Å². The standard InChI is InChI=1S/C29H32ClN5OS/c1-3-15-33(16-4-2)26-21-25(30)31-29(32-26)37-22-27(36)34-17-19-35(20-18-34)28(23-11-7-5-8-12-23)24-13-9-6-10-14-24/h3-14,21,28H,1-2,15-20,22H2. The first-order chi connectivity index (χ1) is 18.1. The zero-order chi connectivity index (χ0) is 26.0. The van der Waals surface area contributed by atoms with Gasteiger partial charge in [-0.3, -0.25) is 9.69 Å². The van der Waals surface area contributed by atoms with Crippen molar-refractivity contribution in [3.05, 3.63) is 108 Å². The number of carbonyl (C=O) groups is 1. The van der Waals surface area contributed by atoms with Crippen molar-refractivity contribution in [3.8, 4) is 0 Å². The fraction of sp³-hybridized carbons (Fsp3) is 0.276. The molecule has 1 saturated heterocycles. The van der Waals surface area contributed by atoms with Crippen LogP contribution < -0.4 is 4.90 Å². The molecule has 2 heterocycles. The number of aromatic nitrogens is 2. The molecule has 6 nitrogen and oxygen atoms in total. The van der Waals surface area contributed by atoms with Crippen LogP contribution in [0.25, 0.3) is 0 Å². The summed E-state index contributed by atoms with van der Waals surface area (Å²) in [5.74, 6) is 1.04. The van der Waals surface area contributed by atoms with Gasteiger partial charge in [0.15, 0.2) is 5.16 Å². The number of hydrogen-bond donors (Lipinski definition) is 0. The van der Waals surface area contributed by atoms with Gasteiger partial charge in [0.05, 0.1) is 11.8 Å². The maximum Gasteiger partial charge on any atom is 0.233 e. The summed E-state index contributed by atoms with van der Waals surface area (Å²) in [5, 5.41) is 0.834. The van der Waals surface area contributed by atoms with Crippen molar-refractivity contribution >= 4 is 35.1 Å². The smallest absolute Gasteiger partial charge is 0.233 e. The van der Waals surface area contributed by atoms with Crippen molar-refractivity contribution in [1.29, 1.82) is 0 Å². The summed E-state index contributed by atoms with van der Waals surface area (Å²) < 4.78 is 0.